The Morgan fingerprint density at radius 1 is 0.417 bits per heavy atom. The summed E-state index contributed by atoms with van der Waals surface area (Å²) in [6.07, 6.45) is 8.81. The van der Waals surface area contributed by atoms with Crippen molar-refractivity contribution in [3.05, 3.63) is 211 Å². The van der Waals surface area contributed by atoms with Gasteiger partial charge in [-0.25, -0.2) is 0 Å². The van der Waals surface area contributed by atoms with Gasteiger partial charge in [-0.1, -0.05) is 184 Å². The maximum Gasteiger partial charge on any atom is 0.132 e. The average molecular weight is 765 g/mol. The van der Waals surface area contributed by atoms with Crippen LogP contribution in [-0.2, 0) is 5.41 Å². The summed E-state index contributed by atoms with van der Waals surface area (Å²) in [7, 11) is 0. The number of hydrogen-bond donors (Lipinski definition) is 0. The molecule has 0 saturated carbocycles. The second-order valence-corrected chi connectivity index (χ2v) is 17.5. The van der Waals surface area contributed by atoms with Crippen LogP contribution in [0.1, 0.15) is 36.5 Å². The Hall–Kier alpha value is -7.22. The van der Waals surface area contributed by atoms with Crippen LogP contribution in [0, 0.1) is 0 Å². The maximum absolute atomic E-state index is 6.74. The number of ether oxygens (including phenoxy) is 1. The minimum absolute atomic E-state index is 0.0617. The summed E-state index contributed by atoms with van der Waals surface area (Å²) >= 11 is 0. The van der Waals surface area contributed by atoms with Crippen LogP contribution in [0.2, 0.25) is 0 Å². The Morgan fingerprint density at radius 2 is 1.02 bits per heavy atom. The highest BCUT2D eigenvalue weighted by atomic mass is 16.5. The summed E-state index contributed by atoms with van der Waals surface area (Å²) in [5.74, 6) is 1.32. The molecule has 0 fully saturated rings. The molecule has 0 bridgehead atoms. The van der Waals surface area contributed by atoms with E-state index < -0.39 is 0 Å². The molecule has 10 aromatic rings. The van der Waals surface area contributed by atoms with Gasteiger partial charge in [-0.15, -0.1) is 0 Å². The SMILES string of the molecule is CC1(C)c2cc(-c3ccc4cc(-c5c6ccccc6c(-c6cccc7ccccc67)c6ccccc56)ccc4c3)ccc2-c2c1ccc1ccc3c(c21)OC1C=CC=CC31. The lowest BCUT2D eigenvalue weighted by Gasteiger charge is -2.22. The number of allylic oxidation sites excluding steroid dienone is 2. The Morgan fingerprint density at radius 3 is 1.80 bits per heavy atom. The molecule has 2 atom stereocenters. The zero-order valence-electron chi connectivity index (χ0n) is 33.5. The highest BCUT2D eigenvalue weighted by molar-refractivity contribution is 6.24. The van der Waals surface area contributed by atoms with Crippen LogP contribution in [-0.4, -0.2) is 6.10 Å². The van der Waals surface area contributed by atoms with Gasteiger partial charge < -0.3 is 4.74 Å². The van der Waals surface area contributed by atoms with Gasteiger partial charge in [0.15, 0.2) is 0 Å². The van der Waals surface area contributed by atoms with Crippen molar-refractivity contribution < 1.29 is 4.74 Å². The van der Waals surface area contributed by atoms with Crippen molar-refractivity contribution in [1.29, 1.82) is 0 Å². The predicted molar refractivity (Wildman–Crippen MR) is 253 cm³/mol. The molecule has 0 spiro atoms. The van der Waals surface area contributed by atoms with Crippen molar-refractivity contribution in [3.8, 4) is 50.3 Å². The monoisotopic (exact) mass is 764 g/mol. The number of benzene rings is 10. The summed E-state index contributed by atoms with van der Waals surface area (Å²) in [6, 6.07) is 63.7. The van der Waals surface area contributed by atoms with E-state index in [0.29, 0.717) is 0 Å². The van der Waals surface area contributed by atoms with Gasteiger partial charge >= 0.3 is 0 Å². The highest BCUT2D eigenvalue weighted by Gasteiger charge is 2.40. The molecule has 10 aromatic carbocycles. The van der Waals surface area contributed by atoms with Crippen LogP contribution < -0.4 is 4.74 Å². The first-order valence-electron chi connectivity index (χ1n) is 21.2. The van der Waals surface area contributed by atoms with E-state index >= 15 is 0 Å². The topological polar surface area (TPSA) is 9.23 Å². The van der Waals surface area contributed by atoms with Gasteiger partial charge in [0.1, 0.15) is 11.9 Å². The normalized spacial score (nSPS) is 17.0. The molecule has 2 aliphatic carbocycles. The van der Waals surface area contributed by atoms with E-state index in [1.165, 1.54) is 115 Å². The van der Waals surface area contributed by atoms with E-state index in [1.54, 1.807) is 0 Å². The molecule has 3 aliphatic rings. The summed E-state index contributed by atoms with van der Waals surface area (Å²) in [6.45, 7) is 4.76. The second kappa shape index (κ2) is 12.4. The van der Waals surface area contributed by atoms with Crippen LogP contribution >= 0.6 is 0 Å². The largest absolute Gasteiger partial charge is 0.484 e. The quantitative estimate of drug-likeness (QED) is 0.163. The first kappa shape index (κ1) is 33.7. The molecule has 1 aliphatic heterocycles. The maximum atomic E-state index is 6.74. The fourth-order valence-electron chi connectivity index (χ4n) is 11.1. The van der Waals surface area contributed by atoms with Gasteiger partial charge in [0.2, 0.25) is 0 Å². The minimum atomic E-state index is -0.150. The van der Waals surface area contributed by atoms with Crippen molar-refractivity contribution >= 4 is 53.9 Å². The van der Waals surface area contributed by atoms with Crippen LogP contribution in [0.3, 0.4) is 0 Å². The molecule has 0 amide bonds. The third kappa shape index (κ3) is 4.69. The van der Waals surface area contributed by atoms with E-state index in [9.17, 15) is 0 Å². The van der Waals surface area contributed by atoms with E-state index in [4.69, 9.17) is 4.74 Å². The molecule has 1 heterocycles. The lowest BCUT2D eigenvalue weighted by atomic mass is 9.81. The lowest BCUT2D eigenvalue weighted by Crippen LogP contribution is -2.15. The van der Waals surface area contributed by atoms with E-state index in [1.807, 2.05) is 0 Å². The van der Waals surface area contributed by atoms with Gasteiger partial charge in [0.25, 0.3) is 0 Å². The average Bonchev–Trinajstić information content (AvgIpc) is 3.79. The van der Waals surface area contributed by atoms with Gasteiger partial charge in [-0.3, -0.25) is 0 Å². The van der Waals surface area contributed by atoms with Gasteiger partial charge in [0.05, 0.1) is 0 Å². The first-order chi connectivity index (χ1) is 29.5. The van der Waals surface area contributed by atoms with Crippen molar-refractivity contribution in [3.63, 3.8) is 0 Å². The van der Waals surface area contributed by atoms with Crippen molar-refractivity contribution in [2.75, 3.05) is 0 Å². The fourth-order valence-corrected chi connectivity index (χ4v) is 11.1. The number of rotatable bonds is 3. The molecule has 60 heavy (non-hydrogen) atoms. The van der Waals surface area contributed by atoms with Gasteiger partial charge in [0, 0.05) is 22.3 Å². The molecule has 0 saturated heterocycles. The molecule has 0 radical (unpaired) electrons. The molecule has 0 aromatic heterocycles. The molecule has 1 nitrogen and oxygen atoms in total. The molecule has 13 rings (SSSR count). The molecule has 282 valence electrons. The third-order valence-electron chi connectivity index (χ3n) is 14.0. The molecule has 1 heteroatoms. The molecular formula is C59H40O. The fraction of sp³-hybridized carbons (Fsp3) is 0.0847. The van der Waals surface area contributed by atoms with Gasteiger partial charge in [-0.2, -0.15) is 0 Å². The van der Waals surface area contributed by atoms with E-state index in [2.05, 4.69) is 208 Å². The first-order valence-corrected chi connectivity index (χ1v) is 21.2. The highest BCUT2D eigenvalue weighted by Crippen LogP contribution is 2.56. The smallest absolute Gasteiger partial charge is 0.132 e. The summed E-state index contributed by atoms with van der Waals surface area (Å²) in [5.41, 5.74) is 14.1. The molecule has 0 N–H and O–H groups in total. The summed E-state index contributed by atoms with van der Waals surface area (Å²) in [4.78, 5) is 0. The standard InChI is InChI=1S/C59H40O/c1-59(2)51-31-28-36-26-29-49-43-15-9-10-21-53(43)60-58(49)55(36)57(51)50-30-27-40(34-52(50)59)38-22-23-39-33-41(25-24-37(39)32-38)54-45-16-5-7-18-47(45)56(48-19-8-6-17-46(48)54)44-20-11-13-35-12-3-4-14-42(35)44/h3-34,43,53H,1-2H3. The summed E-state index contributed by atoms with van der Waals surface area (Å²) in [5, 5.41) is 12.6. The predicted octanol–water partition coefficient (Wildman–Crippen LogP) is 15.7. The Balaban J connectivity index is 0.923. The van der Waals surface area contributed by atoms with Crippen LogP contribution in [0.15, 0.2) is 194 Å². The lowest BCUT2D eigenvalue weighted by molar-refractivity contribution is 0.271. The second-order valence-electron chi connectivity index (χ2n) is 17.5. The minimum Gasteiger partial charge on any atom is -0.484 e. The van der Waals surface area contributed by atoms with Crippen LogP contribution in [0.25, 0.3) is 98.4 Å². The van der Waals surface area contributed by atoms with Gasteiger partial charge in [-0.05, 0) is 128 Å². The van der Waals surface area contributed by atoms with Crippen molar-refractivity contribution in [2.45, 2.75) is 31.3 Å². The Labute approximate surface area is 349 Å². The summed E-state index contributed by atoms with van der Waals surface area (Å²) < 4.78 is 6.74. The van der Waals surface area contributed by atoms with Crippen LogP contribution in [0.4, 0.5) is 0 Å². The van der Waals surface area contributed by atoms with E-state index in [0.717, 1.165) is 5.75 Å². The number of hydrogen-bond acceptors (Lipinski definition) is 1. The molecule has 2 unspecified atom stereocenters. The zero-order valence-corrected chi connectivity index (χ0v) is 33.5. The zero-order chi connectivity index (χ0) is 39.7. The Kier molecular flexibility index (Phi) is 6.97. The number of fused-ring (bicyclic) bond motifs is 13. The molecular weight excluding hydrogens is 725 g/mol. The Bertz CT molecular complexity index is 3500. The van der Waals surface area contributed by atoms with Crippen molar-refractivity contribution in [2.24, 2.45) is 0 Å². The third-order valence-corrected chi connectivity index (χ3v) is 14.0. The van der Waals surface area contributed by atoms with Crippen molar-refractivity contribution in [1.82, 2.24) is 0 Å². The van der Waals surface area contributed by atoms with E-state index in [-0.39, 0.29) is 17.4 Å². The van der Waals surface area contributed by atoms with Crippen LogP contribution in [0.5, 0.6) is 5.75 Å².